The minimum absolute atomic E-state index is 0. The molecule has 2 rings (SSSR count). The topological polar surface area (TPSA) is 208 Å². The molecule has 0 heterocycles. The van der Waals surface area contributed by atoms with E-state index in [9.17, 15) is 19.2 Å². The minimum atomic E-state index is -0.933. The molecule has 10 nitrogen and oxygen atoms in total. The summed E-state index contributed by atoms with van der Waals surface area (Å²) in [4.78, 5) is 41.9. The van der Waals surface area contributed by atoms with Crippen molar-refractivity contribution >= 4 is 29.8 Å². The van der Waals surface area contributed by atoms with Crippen LogP contribution in [0.25, 0.3) is 0 Å². The Labute approximate surface area is 208 Å². The highest BCUT2D eigenvalue weighted by Gasteiger charge is 2.15. The molecule has 1 aliphatic carbocycles. The minimum Gasteiger partial charge on any atom is -0.481 e. The van der Waals surface area contributed by atoms with Crippen LogP contribution >= 0.6 is 0 Å². The van der Waals surface area contributed by atoms with Gasteiger partial charge in [0, 0.05) is 24.1 Å². The molecule has 0 unspecified atom stereocenters. The number of aliphatic carboxylic acids is 2. The van der Waals surface area contributed by atoms with E-state index in [0.717, 1.165) is 44.1 Å². The maximum absolute atomic E-state index is 11.2. The molecule has 0 aliphatic heterocycles. The van der Waals surface area contributed by atoms with Gasteiger partial charge in [0.25, 0.3) is 0 Å². The summed E-state index contributed by atoms with van der Waals surface area (Å²) < 4.78 is 0. The Hall–Kier alpha value is -2.82. The molecule has 1 aromatic carbocycles. The fraction of sp³-hybridized carbons (Fsp3) is 0.600. The molecule has 10 N–H and O–H groups in total. The molecule has 0 radical (unpaired) electrons. The van der Waals surface area contributed by atoms with E-state index >= 15 is 0 Å². The van der Waals surface area contributed by atoms with Gasteiger partial charge in [-0.05, 0) is 68.8 Å². The van der Waals surface area contributed by atoms with Crippen LogP contribution in [-0.2, 0) is 14.4 Å². The first-order chi connectivity index (χ1) is 16.2. The van der Waals surface area contributed by atoms with Gasteiger partial charge < -0.3 is 33.1 Å². The molecule has 1 aromatic rings. The van der Waals surface area contributed by atoms with E-state index in [2.05, 4.69) is 5.32 Å². The Morgan fingerprint density at radius 3 is 2.14 bits per heavy atom. The van der Waals surface area contributed by atoms with Gasteiger partial charge in [-0.15, -0.1) is 0 Å². The van der Waals surface area contributed by atoms with Gasteiger partial charge in [-0.3, -0.25) is 19.2 Å². The van der Waals surface area contributed by atoms with Crippen molar-refractivity contribution in [1.29, 1.82) is 0 Å². The van der Waals surface area contributed by atoms with E-state index < -0.39 is 18.0 Å². The average molecular weight is 497 g/mol. The van der Waals surface area contributed by atoms with Crippen LogP contribution in [0.1, 0.15) is 87.9 Å². The molecule has 0 aromatic heterocycles. The first-order valence-corrected chi connectivity index (χ1v) is 12.0. The number of hydrogen-bond donors (Lipinski definition) is 6. The Morgan fingerprint density at radius 2 is 1.69 bits per heavy atom. The first-order valence-electron chi connectivity index (χ1n) is 12.0. The number of carbonyl (C=O) groups is 4. The Kier molecular flexibility index (Phi) is 21.3. The fourth-order valence-electron chi connectivity index (χ4n) is 3.37. The predicted octanol–water partition coefficient (Wildman–Crippen LogP) is 3.97. The molecule has 1 fully saturated rings. The summed E-state index contributed by atoms with van der Waals surface area (Å²) in [7, 11) is 0. The maximum atomic E-state index is 11.2. The summed E-state index contributed by atoms with van der Waals surface area (Å²) in [6.07, 6.45) is 10.7. The zero-order valence-corrected chi connectivity index (χ0v) is 20.9. The van der Waals surface area contributed by atoms with E-state index in [1.54, 1.807) is 24.3 Å². The van der Waals surface area contributed by atoms with Crippen LogP contribution in [0.5, 0.6) is 0 Å². The molecule has 0 bridgehead atoms. The number of nitrogens with one attached hydrogen (secondary N) is 1. The van der Waals surface area contributed by atoms with Crippen LogP contribution < -0.4 is 22.9 Å². The van der Waals surface area contributed by atoms with Gasteiger partial charge in [-0.1, -0.05) is 32.6 Å². The number of aldehydes is 1. The third-order valence-electron chi connectivity index (χ3n) is 5.28. The number of benzene rings is 1. The highest BCUT2D eigenvalue weighted by atomic mass is 16.4. The van der Waals surface area contributed by atoms with Crippen LogP contribution in [0.3, 0.4) is 0 Å². The number of unbranched alkanes of at least 4 members (excludes halogenated alkanes) is 1. The number of hydrogen-bond acceptors (Lipinski definition) is 7. The van der Waals surface area contributed by atoms with Crippen LogP contribution in [0, 0.1) is 5.92 Å². The van der Waals surface area contributed by atoms with E-state index in [0.29, 0.717) is 37.3 Å². The molecule has 1 saturated carbocycles. The average Bonchev–Trinajstić information content (AvgIpc) is 2.81. The van der Waals surface area contributed by atoms with Crippen molar-refractivity contribution in [3.05, 3.63) is 29.8 Å². The lowest BCUT2D eigenvalue weighted by Crippen LogP contribution is -2.29. The molecule has 0 spiro atoms. The summed E-state index contributed by atoms with van der Waals surface area (Å²) in [5.74, 6) is -1.08. The number of carboxylic acid groups (broad SMARTS) is 2. The summed E-state index contributed by atoms with van der Waals surface area (Å²) in [5.41, 5.74) is 11.8. The largest absolute Gasteiger partial charge is 0.481 e. The number of carbonyl (C=O) groups excluding carboxylic acids is 2. The van der Waals surface area contributed by atoms with Gasteiger partial charge in [0.2, 0.25) is 5.91 Å². The molecular formula is C25H44N4O6. The number of rotatable bonds is 11. The first kappa shape index (κ1) is 34.3. The summed E-state index contributed by atoms with van der Waals surface area (Å²) in [6.45, 7) is 2.56. The monoisotopic (exact) mass is 496 g/mol. The molecule has 200 valence electrons. The third-order valence-corrected chi connectivity index (χ3v) is 5.28. The molecule has 1 atom stereocenters. The van der Waals surface area contributed by atoms with Crippen molar-refractivity contribution < 1.29 is 29.4 Å². The highest BCUT2D eigenvalue weighted by molar-refractivity contribution is 5.91. The Bertz CT molecular complexity index is 721. The third kappa shape index (κ3) is 19.2. The zero-order valence-electron chi connectivity index (χ0n) is 20.9. The summed E-state index contributed by atoms with van der Waals surface area (Å²) in [6, 6.07) is 6.07. The second-order valence-corrected chi connectivity index (χ2v) is 8.37. The lowest BCUT2D eigenvalue weighted by molar-refractivity contribution is -0.139. The lowest BCUT2D eigenvalue weighted by atomic mass is 9.87. The number of amides is 1. The number of anilines is 1. The molecule has 35 heavy (non-hydrogen) atoms. The highest BCUT2D eigenvalue weighted by Crippen LogP contribution is 2.25. The molecule has 10 heteroatoms. The van der Waals surface area contributed by atoms with Gasteiger partial charge in [-0.2, -0.15) is 0 Å². The van der Waals surface area contributed by atoms with Gasteiger partial charge in [0.15, 0.2) is 0 Å². The van der Waals surface area contributed by atoms with E-state index in [-0.39, 0.29) is 12.1 Å². The number of nitrogens with two attached hydrogens (primary N) is 2. The van der Waals surface area contributed by atoms with Crippen LogP contribution in [0.15, 0.2) is 24.3 Å². The van der Waals surface area contributed by atoms with Crippen LogP contribution in [0.2, 0.25) is 0 Å². The molecule has 1 aliphatic rings. The predicted molar refractivity (Wildman–Crippen MR) is 138 cm³/mol. The molecule has 1 amide bonds. The molecular weight excluding hydrogens is 452 g/mol. The second-order valence-electron chi connectivity index (χ2n) is 8.37. The lowest BCUT2D eigenvalue weighted by Gasteiger charge is -2.18. The normalized spacial score (nSPS) is 13.5. The Morgan fingerprint density at radius 1 is 1.09 bits per heavy atom. The van der Waals surface area contributed by atoms with Gasteiger partial charge in [0.1, 0.15) is 12.3 Å². The van der Waals surface area contributed by atoms with Crippen molar-refractivity contribution in [2.45, 2.75) is 83.6 Å². The van der Waals surface area contributed by atoms with Gasteiger partial charge >= 0.3 is 11.9 Å². The van der Waals surface area contributed by atoms with Crippen LogP contribution in [-0.4, -0.2) is 46.9 Å². The van der Waals surface area contributed by atoms with Crippen molar-refractivity contribution in [2.75, 3.05) is 11.9 Å². The van der Waals surface area contributed by atoms with Crippen molar-refractivity contribution in [2.24, 2.45) is 17.4 Å². The standard InChI is InChI=1S/C11H13NO2.C8H14O2.C6H14N2O2.H3N/c1-2-3-11(14)12-10-6-4-9(8-13)5-7-10;9-8(10)6-7-4-2-1-3-5-7;7-4-2-1-3-5(8)6(9)10;/h4-8H,2-3H2,1H3,(H,12,14);7H,1-6H2,(H,9,10);5H,1-4,7-8H2,(H,9,10);1H3/t;;5-;/m..0./s1. The van der Waals surface area contributed by atoms with Crippen molar-refractivity contribution in [1.82, 2.24) is 6.15 Å². The van der Waals surface area contributed by atoms with Crippen molar-refractivity contribution in [3.8, 4) is 0 Å². The van der Waals surface area contributed by atoms with Crippen LogP contribution in [0.4, 0.5) is 5.69 Å². The summed E-state index contributed by atoms with van der Waals surface area (Å²) in [5, 5.41) is 19.5. The number of carboxylic acids is 2. The van der Waals surface area contributed by atoms with E-state index in [4.69, 9.17) is 21.7 Å². The maximum Gasteiger partial charge on any atom is 0.320 e. The second kappa shape index (κ2) is 21.7. The van der Waals surface area contributed by atoms with E-state index in [1.807, 2.05) is 6.92 Å². The summed E-state index contributed by atoms with van der Waals surface area (Å²) >= 11 is 0. The fourth-order valence-corrected chi connectivity index (χ4v) is 3.37. The van der Waals surface area contributed by atoms with Gasteiger partial charge in [-0.25, -0.2) is 0 Å². The van der Waals surface area contributed by atoms with Gasteiger partial charge in [0.05, 0.1) is 0 Å². The Balaban J connectivity index is 0. The van der Waals surface area contributed by atoms with E-state index in [1.165, 1.54) is 19.3 Å². The quantitative estimate of drug-likeness (QED) is 0.193. The zero-order chi connectivity index (χ0) is 25.8. The smallest absolute Gasteiger partial charge is 0.320 e. The molecule has 0 saturated heterocycles. The SMILES string of the molecule is CCCC(=O)Nc1ccc(C=O)cc1.N.NCCCC[C@H](N)C(=O)O.O=C(O)CC1CCCCC1. The van der Waals surface area contributed by atoms with Crippen molar-refractivity contribution in [3.63, 3.8) is 0 Å².